The van der Waals surface area contributed by atoms with E-state index in [0.29, 0.717) is 0 Å². The number of carbonyl (C=O) groups is 1. The minimum absolute atomic E-state index is 0.304. The molecule has 1 aromatic heterocycles. The smallest absolute Gasteiger partial charge is 0.333 e. The molecule has 0 fully saturated rings. The maximum absolute atomic E-state index is 11.4. The highest BCUT2D eigenvalue weighted by atomic mass is 79.9. The molecule has 0 aliphatic rings. The van der Waals surface area contributed by atoms with E-state index < -0.39 is 5.54 Å². The number of ether oxygens (including phenoxy) is 1. The summed E-state index contributed by atoms with van der Waals surface area (Å²) >= 11 is 3.32. The standard InChI is InChI=1S/C9H13BrN2O2/c1-9(2,8(13)14-3)12-6-7(4-10)5-11-12/h5-6H,4H2,1-3H3. The molecule has 0 aliphatic heterocycles. The van der Waals surface area contributed by atoms with Crippen LogP contribution in [-0.4, -0.2) is 22.9 Å². The maximum Gasteiger partial charge on any atom is 0.333 e. The number of esters is 1. The quantitative estimate of drug-likeness (QED) is 0.614. The summed E-state index contributed by atoms with van der Waals surface area (Å²) in [5.41, 5.74) is 0.275. The zero-order valence-corrected chi connectivity index (χ0v) is 10.0. The fourth-order valence-electron chi connectivity index (χ4n) is 1.08. The van der Waals surface area contributed by atoms with Crippen LogP contribution in [0.25, 0.3) is 0 Å². The van der Waals surface area contributed by atoms with E-state index in [1.165, 1.54) is 7.11 Å². The van der Waals surface area contributed by atoms with Gasteiger partial charge < -0.3 is 4.74 Å². The Hall–Kier alpha value is -0.840. The van der Waals surface area contributed by atoms with Crippen molar-refractivity contribution in [2.45, 2.75) is 24.7 Å². The number of hydrogen-bond donors (Lipinski definition) is 0. The van der Waals surface area contributed by atoms with Gasteiger partial charge in [-0.15, -0.1) is 0 Å². The van der Waals surface area contributed by atoms with Crippen molar-refractivity contribution in [3.63, 3.8) is 0 Å². The molecular formula is C9H13BrN2O2. The zero-order valence-electron chi connectivity index (χ0n) is 8.45. The van der Waals surface area contributed by atoms with E-state index in [9.17, 15) is 4.79 Å². The summed E-state index contributed by atoms with van der Waals surface area (Å²) in [6.45, 7) is 3.54. The highest BCUT2D eigenvalue weighted by Crippen LogP contribution is 2.17. The number of halogens is 1. The molecule has 5 heteroatoms. The Morgan fingerprint density at radius 1 is 1.71 bits per heavy atom. The lowest BCUT2D eigenvalue weighted by Crippen LogP contribution is -2.37. The van der Waals surface area contributed by atoms with Crippen molar-refractivity contribution in [1.29, 1.82) is 0 Å². The second kappa shape index (κ2) is 4.13. The molecular weight excluding hydrogens is 248 g/mol. The van der Waals surface area contributed by atoms with Crippen LogP contribution in [0.15, 0.2) is 12.4 Å². The van der Waals surface area contributed by atoms with E-state index in [1.807, 2.05) is 6.20 Å². The molecule has 0 saturated heterocycles. The topological polar surface area (TPSA) is 44.1 Å². The number of alkyl halides is 1. The molecule has 0 spiro atoms. The predicted molar refractivity (Wildman–Crippen MR) is 56.2 cm³/mol. The zero-order chi connectivity index (χ0) is 10.8. The van der Waals surface area contributed by atoms with E-state index in [-0.39, 0.29) is 5.97 Å². The molecule has 0 atom stereocenters. The lowest BCUT2D eigenvalue weighted by Gasteiger charge is -2.21. The highest BCUT2D eigenvalue weighted by Gasteiger charge is 2.31. The van der Waals surface area contributed by atoms with E-state index >= 15 is 0 Å². The van der Waals surface area contributed by atoms with Crippen molar-refractivity contribution < 1.29 is 9.53 Å². The molecule has 1 aromatic rings. The number of rotatable bonds is 3. The average Bonchev–Trinajstić information content (AvgIpc) is 2.65. The lowest BCUT2D eigenvalue weighted by atomic mass is 10.1. The molecule has 0 N–H and O–H groups in total. The van der Waals surface area contributed by atoms with Crippen LogP contribution >= 0.6 is 15.9 Å². The largest absolute Gasteiger partial charge is 0.467 e. The number of carbonyl (C=O) groups excluding carboxylic acids is 1. The molecule has 0 bridgehead atoms. The van der Waals surface area contributed by atoms with Crippen LogP contribution in [0.2, 0.25) is 0 Å². The molecule has 1 rings (SSSR count). The third-order valence-corrected chi connectivity index (χ3v) is 2.70. The van der Waals surface area contributed by atoms with Crippen LogP contribution in [-0.2, 0) is 20.4 Å². The summed E-state index contributed by atoms with van der Waals surface area (Å²) in [5, 5.41) is 4.84. The average molecular weight is 261 g/mol. The molecule has 4 nitrogen and oxygen atoms in total. The van der Waals surface area contributed by atoms with Crippen molar-refractivity contribution in [1.82, 2.24) is 9.78 Å². The van der Waals surface area contributed by atoms with Crippen LogP contribution in [0.5, 0.6) is 0 Å². The van der Waals surface area contributed by atoms with Crippen LogP contribution in [0, 0.1) is 0 Å². The molecule has 0 aliphatic carbocycles. The fourth-order valence-corrected chi connectivity index (χ4v) is 1.37. The Morgan fingerprint density at radius 2 is 2.36 bits per heavy atom. The molecule has 0 radical (unpaired) electrons. The molecule has 0 amide bonds. The van der Waals surface area contributed by atoms with Crippen molar-refractivity contribution in [2.24, 2.45) is 0 Å². The van der Waals surface area contributed by atoms with Gasteiger partial charge >= 0.3 is 5.97 Å². The number of aromatic nitrogens is 2. The first-order chi connectivity index (χ1) is 6.52. The second-order valence-corrected chi connectivity index (χ2v) is 4.04. The van der Waals surface area contributed by atoms with Crippen LogP contribution in [0.4, 0.5) is 0 Å². The summed E-state index contributed by atoms with van der Waals surface area (Å²) in [6.07, 6.45) is 3.55. The SMILES string of the molecule is COC(=O)C(C)(C)n1cc(CBr)cn1. The second-order valence-electron chi connectivity index (χ2n) is 3.48. The van der Waals surface area contributed by atoms with Gasteiger partial charge in [-0.25, -0.2) is 4.79 Å². The Labute approximate surface area is 91.4 Å². The number of hydrogen-bond acceptors (Lipinski definition) is 3. The van der Waals surface area contributed by atoms with Crippen molar-refractivity contribution in [2.75, 3.05) is 7.11 Å². The van der Waals surface area contributed by atoms with Gasteiger partial charge in [0, 0.05) is 17.1 Å². The molecule has 0 aromatic carbocycles. The number of nitrogens with zero attached hydrogens (tertiary/aromatic N) is 2. The summed E-state index contributed by atoms with van der Waals surface area (Å²) < 4.78 is 6.31. The van der Waals surface area contributed by atoms with Gasteiger partial charge in [-0.3, -0.25) is 4.68 Å². The first-order valence-corrected chi connectivity index (χ1v) is 5.33. The summed E-state index contributed by atoms with van der Waals surface area (Å²) in [6, 6.07) is 0. The van der Waals surface area contributed by atoms with Gasteiger partial charge in [-0.1, -0.05) is 15.9 Å². The summed E-state index contributed by atoms with van der Waals surface area (Å²) in [4.78, 5) is 11.4. The monoisotopic (exact) mass is 260 g/mol. The van der Waals surface area contributed by atoms with Crippen molar-refractivity contribution >= 4 is 21.9 Å². The van der Waals surface area contributed by atoms with Gasteiger partial charge in [0.2, 0.25) is 0 Å². The van der Waals surface area contributed by atoms with Crippen LogP contribution < -0.4 is 0 Å². The van der Waals surface area contributed by atoms with E-state index in [2.05, 4.69) is 21.0 Å². The molecule has 1 heterocycles. The minimum atomic E-state index is -0.755. The first-order valence-electron chi connectivity index (χ1n) is 4.20. The third kappa shape index (κ3) is 1.97. The Morgan fingerprint density at radius 3 is 2.79 bits per heavy atom. The normalized spacial score (nSPS) is 11.4. The first kappa shape index (κ1) is 11.2. The third-order valence-electron chi connectivity index (χ3n) is 2.05. The Bertz CT molecular complexity index is 333. The Balaban J connectivity index is 2.97. The van der Waals surface area contributed by atoms with Gasteiger partial charge in [0.25, 0.3) is 0 Å². The molecule has 0 unspecified atom stereocenters. The maximum atomic E-state index is 11.4. The van der Waals surface area contributed by atoms with E-state index in [4.69, 9.17) is 4.74 Å². The molecule has 14 heavy (non-hydrogen) atoms. The molecule has 0 saturated carbocycles. The van der Waals surface area contributed by atoms with E-state index in [0.717, 1.165) is 10.9 Å². The minimum Gasteiger partial charge on any atom is -0.467 e. The predicted octanol–water partition coefficient (Wildman–Crippen LogP) is 1.69. The highest BCUT2D eigenvalue weighted by molar-refractivity contribution is 9.08. The number of methoxy groups -OCH3 is 1. The lowest BCUT2D eigenvalue weighted by molar-refractivity contribution is -0.150. The summed E-state index contributed by atoms with van der Waals surface area (Å²) in [5.74, 6) is -0.304. The fraction of sp³-hybridized carbons (Fsp3) is 0.556. The van der Waals surface area contributed by atoms with Gasteiger partial charge in [0.1, 0.15) is 0 Å². The van der Waals surface area contributed by atoms with Gasteiger partial charge in [-0.2, -0.15) is 5.10 Å². The van der Waals surface area contributed by atoms with Crippen molar-refractivity contribution in [3.8, 4) is 0 Å². The van der Waals surface area contributed by atoms with Crippen LogP contribution in [0.3, 0.4) is 0 Å². The van der Waals surface area contributed by atoms with Gasteiger partial charge in [0.15, 0.2) is 5.54 Å². The van der Waals surface area contributed by atoms with E-state index in [1.54, 1.807) is 24.7 Å². The van der Waals surface area contributed by atoms with Crippen molar-refractivity contribution in [3.05, 3.63) is 18.0 Å². The summed E-state index contributed by atoms with van der Waals surface area (Å²) in [7, 11) is 1.37. The van der Waals surface area contributed by atoms with Gasteiger partial charge in [-0.05, 0) is 13.8 Å². The molecule has 78 valence electrons. The Kier molecular flexibility index (Phi) is 3.31. The van der Waals surface area contributed by atoms with Gasteiger partial charge in [0.05, 0.1) is 13.3 Å². The van der Waals surface area contributed by atoms with Crippen LogP contribution in [0.1, 0.15) is 19.4 Å².